The zero-order chi connectivity index (χ0) is 11.5. The van der Waals surface area contributed by atoms with Crippen molar-refractivity contribution >= 4 is 16.3 Å². The SMILES string of the molecule is C/C(N)=C(/C#N)c1nccc2ccccc12. The summed E-state index contributed by atoms with van der Waals surface area (Å²) < 4.78 is 0. The molecule has 0 spiro atoms. The minimum absolute atomic E-state index is 0.441. The number of allylic oxidation sites excluding steroid dienone is 2. The summed E-state index contributed by atoms with van der Waals surface area (Å²) in [6.07, 6.45) is 1.69. The van der Waals surface area contributed by atoms with E-state index in [1.54, 1.807) is 13.1 Å². The van der Waals surface area contributed by atoms with Gasteiger partial charge in [-0.25, -0.2) is 0 Å². The Labute approximate surface area is 93.8 Å². The van der Waals surface area contributed by atoms with Crippen LogP contribution < -0.4 is 5.73 Å². The van der Waals surface area contributed by atoms with Gasteiger partial charge in [0.25, 0.3) is 0 Å². The molecule has 3 nitrogen and oxygen atoms in total. The van der Waals surface area contributed by atoms with Gasteiger partial charge in [-0.1, -0.05) is 24.3 Å². The largest absolute Gasteiger partial charge is 0.401 e. The van der Waals surface area contributed by atoms with Crippen LogP contribution in [0.2, 0.25) is 0 Å². The average Bonchev–Trinajstić information content (AvgIpc) is 2.30. The van der Waals surface area contributed by atoms with Gasteiger partial charge in [0.1, 0.15) is 6.07 Å². The summed E-state index contributed by atoms with van der Waals surface area (Å²) >= 11 is 0. The predicted molar refractivity (Wildman–Crippen MR) is 64.1 cm³/mol. The molecule has 1 aromatic carbocycles. The fourth-order valence-electron chi connectivity index (χ4n) is 1.65. The van der Waals surface area contributed by atoms with Crippen LogP contribution in [0.15, 0.2) is 42.2 Å². The van der Waals surface area contributed by atoms with Crippen molar-refractivity contribution in [2.45, 2.75) is 6.92 Å². The van der Waals surface area contributed by atoms with Gasteiger partial charge >= 0.3 is 0 Å². The molecule has 0 saturated heterocycles. The van der Waals surface area contributed by atoms with Gasteiger partial charge in [0.15, 0.2) is 0 Å². The van der Waals surface area contributed by atoms with Crippen LogP contribution in [-0.2, 0) is 0 Å². The van der Waals surface area contributed by atoms with E-state index >= 15 is 0 Å². The fraction of sp³-hybridized carbons (Fsp3) is 0.0769. The van der Waals surface area contributed by atoms with Crippen LogP contribution in [0.4, 0.5) is 0 Å². The summed E-state index contributed by atoms with van der Waals surface area (Å²) in [5.74, 6) is 0. The molecular weight excluding hydrogens is 198 g/mol. The van der Waals surface area contributed by atoms with Crippen LogP contribution in [0.1, 0.15) is 12.6 Å². The molecule has 1 heterocycles. The van der Waals surface area contributed by atoms with Gasteiger partial charge < -0.3 is 5.73 Å². The number of pyridine rings is 1. The highest BCUT2D eigenvalue weighted by molar-refractivity contribution is 5.95. The van der Waals surface area contributed by atoms with Gasteiger partial charge in [0.2, 0.25) is 0 Å². The first-order valence-electron chi connectivity index (χ1n) is 4.94. The number of fused-ring (bicyclic) bond motifs is 1. The van der Waals surface area contributed by atoms with Gasteiger partial charge in [-0.15, -0.1) is 0 Å². The third kappa shape index (κ3) is 1.61. The van der Waals surface area contributed by atoms with Gasteiger partial charge in [0.05, 0.1) is 11.3 Å². The van der Waals surface area contributed by atoms with Crippen LogP contribution in [-0.4, -0.2) is 4.98 Å². The molecule has 0 radical (unpaired) electrons. The zero-order valence-electron chi connectivity index (χ0n) is 8.94. The second-order valence-corrected chi connectivity index (χ2v) is 3.55. The quantitative estimate of drug-likeness (QED) is 0.734. The fourth-order valence-corrected chi connectivity index (χ4v) is 1.65. The molecule has 78 valence electrons. The lowest BCUT2D eigenvalue weighted by atomic mass is 10.0. The van der Waals surface area contributed by atoms with E-state index in [2.05, 4.69) is 11.1 Å². The number of hydrogen-bond acceptors (Lipinski definition) is 3. The monoisotopic (exact) mass is 209 g/mol. The van der Waals surface area contributed by atoms with E-state index < -0.39 is 0 Å². The Bertz CT molecular complexity index is 597. The molecule has 2 aromatic rings. The van der Waals surface area contributed by atoms with Crippen molar-refractivity contribution in [3.63, 3.8) is 0 Å². The number of rotatable bonds is 1. The molecular formula is C13H11N3. The molecule has 0 aliphatic rings. The summed E-state index contributed by atoms with van der Waals surface area (Å²) in [6, 6.07) is 11.8. The molecule has 0 amide bonds. The van der Waals surface area contributed by atoms with Gasteiger partial charge in [-0.2, -0.15) is 5.26 Å². The van der Waals surface area contributed by atoms with Crippen LogP contribution >= 0.6 is 0 Å². The third-order valence-electron chi connectivity index (χ3n) is 2.42. The Kier molecular flexibility index (Phi) is 2.57. The van der Waals surface area contributed by atoms with Crippen molar-refractivity contribution in [3.8, 4) is 6.07 Å². The van der Waals surface area contributed by atoms with E-state index in [0.717, 1.165) is 10.8 Å². The van der Waals surface area contributed by atoms with Crippen molar-refractivity contribution in [1.29, 1.82) is 5.26 Å². The van der Waals surface area contributed by atoms with Gasteiger partial charge in [-0.05, 0) is 18.4 Å². The second-order valence-electron chi connectivity index (χ2n) is 3.55. The Morgan fingerprint density at radius 2 is 2.06 bits per heavy atom. The second kappa shape index (κ2) is 4.03. The predicted octanol–water partition coefficient (Wildman–Crippen LogP) is 2.45. The third-order valence-corrected chi connectivity index (χ3v) is 2.42. The molecule has 16 heavy (non-hydrogen) atoms. The van der Waals surface area contributed by atoms with E-state index in [4.69, 9.17) is 11.0 Å². The van der Waals surface area contributed by atoms with Crippen molar-refractivity contribution in [1.82, 2.24) is 4.98 Å². The minimum Gasteiger partial charge on any atom is -0.401 e. The Morgan fingerprint density at radius 1 is 1.31 bits per heavy atom. The Morgan fingerprint density at radius 3 is 2.75 bits per heavy atom. The molecule has 2 rings (SSSR count). The molecule has 0 saturated carbocycles. The van der Waals surface area contributed by atoms with E-state index in [1.807, 2.05) is 30.3 Å². The van der Waals surface area contributed by atoms with Crippen molar-refractivity contribution in [3.05, 3.63) is 47.9 Å². The number of benzene rings is 1. The molecule has 0 fully saturated rings. The number of nitrogens with two attached hydrogens (primary N) is 1. The van der Waals surface area contributed by atoms with Crippen LogP contribution in [0.5, 0.6) is 0 Å². The minimum atomic E-state index is 0.441. The first-order valence-corrected chi connectivity index (χ1v) is 4.94. The standard InChI is InChI=1S/C13H11N3/c1-9(15)12(8-14)13-11-5-3-2-4-10(11)6-7-16-13/h2-7H,15H2,1H3/b12-9+. The zero-order valence-corrected chi connectivity index (χ0v) is 8.94. The first kappa shape index (κ1) is 10.2. The first-order chi connectivity index (χ1) is 7.74. The molecule has 1 aromatic heterocycles. The number of nitriles is 1. The molecule has 0 aliphatic carbocycles. The lowest BCUT2D eigenvalue weighted by molar-refractivity contribution is 1.26. The number of hydrogen-bond donors (Lipinski definition) is 1. The lowest BCUT2D eigenvalue weighted by Gasteiger charge is -2.05. The molecule has 0 aliphatic heterocycles. The van der Waals surface area contributed by atoms with Crippen LogP contribution in [0.3, 0.4) is 0 Å². The molecule has 0 unspecified atom stereocenters. The Hall–Kier alpha value is -2.34. The molecule has 0 atom stereocenters. The van der Waals surface area contributed by atoms with E-state index in [1.165, 1.54) is 0 Å². The highest BCUT2D eigenvalue weighted by Gasteiger charge is 2.08. The number of aromatic nitrogens is 1. The summed E-state index contributed by atoms with van der Waals surface area (Å²) in [7, 11) is 0. The highest BCUT2D eigenvalue weighted by atomic mass is 14.7. The topological polar surface area (TPSA) is 62.7 Å². The van der Waals surface area contributed by atoms with E-state index in [9.17, 15) is 0 Å². The van der Waals surface area contributed by atoms with Crippen molar-refractivity contribution < 1.29 is 0 Å². The normalized spacial score (nSPS) is 12.0. The summed E-state index contributed by atoms with van der Waals surface area (Å²) in [4.78, 5) is 4.24. The highest BCUT2D eigenvalue weighted by Crippen LogP contribution is 2.23. The maximum absolute atomic E-state index is 9.08. The maximum Gasteiger partial charge on any atom is 0.103 e. The van der Waals surface area contributed by atoms with Gasteiger partial charge in [-0.3, -0.25) is 4.98 Å². The Balaban J connectivity index is 2.81. The number of nitrogens with zero attached hydrogens (tertiary/aromatic N) is 2. The van der Waals surface area contributed by atoms with Crippen LogP contribution in [0, 0.1) is 11.3 Å². The van der Waals surface area contributed by atoms with Gasteiger partial charge in [0, 0.05) is 17.3 Å². The molecule has 3 heteroatoms. The summed E-state index contributed by atoms with van der Waals surface area (Å²) in [6.45, 7) is 1.71. The lowest BCUT2D eigenvalue weighted by Crippen LogP contribution is -1.99. The van der Waals surface area contributed by atoms with Crippen LogP contribution in [0.25, 0.3) is 16.3 Å². The van der Waals surface area contributed by atoms with Crippen molar-refractivity contribution in [2.75, 3.05) is 0 Å². The molecule has 2 N–H and O–H groups in total. The maximum atomic E-state index is 9.08. The average molecular weight is 209 g/mol. The molecule has 0 bridgehead atoms. The summed E-state index contributed by atoms with van der Waals surface area (Å²) in [5.41, 5.74) is 7.27. The van der Waals surface area contributed by atoms with E-state index in [0.29, 0.717) is 17.0 Å². The summed E-state index contributed by atoms with van der Waals surface area (Å²) in [5, 5.41) is 11.1. The van der Waals surface area contributed by atoms with Crippen molar-refractivity contribution in [2.24, 2.45) is 5.73 Å². The van der Waals surface area contributed by atoms with E-state index in [-0.39, 0.29) is 0 Å². The smallest absolute Gasteiger partial charge is 0.103 e.